The van der Waals surface area contributed by atoms with Gasteiger partial charge < -0.3 is 9.80 Å². The molecule has 0 spiro atoms. The van der Waals surface area contributed by atoms with E-state index in [1.165, 1.54) is 5.56 Å². The Morgan fingerprint density at radius 2 is 1.75 bits per heavy atom. The number of aromatic nitrogens is 1. The fourth-order valence-electron chi connectivity index (χ4n) is 1.97. The van der Waals surface area contributed by atoms with Crippen LogP contribution in [0.5, 0.6) is 0 Å². The Kier molecular flexibility index (Phi) is 5.56. The largest absolute Gasteiger partial charge is 0.351 e. The van der Waals surface area contributed by atoms with E-state index in [0.29, 0.717) is 0 Å². The molecule has 0 saturated heterocycles. The number of anilines is 1. The number of pyridine rings is 1. The maximum absolute atomic E-state index is 4.47. The highest BCUT2D eigenvalue weighted by molar-refractivity contribution is 9.10. The zero-order valence-corrected chi connectivity index (χ0v) is 13.5. The Morgan fingerprint density at radius 3 is 2.40 bits per heavy atom. The molecule has 1 aromatic carbocycles. The van der Waals surface area contributed by atoms with Crippen molar-refractivity contribution < 1.29 is 0 Å². The van der Waals surface area contributed by atoms with Gasteiger partial charge in [0.1, 0.15) is 5.82 Å². The van der Waals surface area contributed by atoms with Crippen molar-refractivity contribution in [1.29, 1.82) is 0 Å². The highest BCUT2D eigenvalue weighted by atomic mass is 79.9. The van der Waals surface area contributed by atoms with Crippen molar-refractivity contribution in [3.8, 4) is 0 Å². The van der Waals surface area contributed by atoms with Crippen LogP contribution in [0.25, 0.3) is 0 Å². The number of likely N-dealkylation sites (N-methyl/N-ethyl adjacent to an activating group) is 1. The molecule has 0 bridgehead atoms. The average Bonchev–Trinajstić information content (AvgIpc) is 2.46. The minimum Gasteiger partial charge on any atom is -0.351 e. The smallest absolute Gasteiger partial charge is 0.128 e. The van der Waals surface area contributed by atoms with Crippen molar-refractivity contribution >= 4 is 21.7 Å². The monoisotopic (exact) mass is 333 g/mol. The molecule has 0 radical (unpaired) electrons. The molecule has 1 aromatic heterocycles. The van der Waals surface area contributed by atoms with Gasteiger partial charge in [-0.2, -0.15) is 0 Å². The Balaban J connectivity index is 2.16. The molecule has 0 atom stereocenters. The van der Waals surface area contributed by atoms with Gasteiger partial charge in [0.2, 0.25) is 0 Å². The summed E-state index contributed by atoms with van der Waals surface area (Å²) in [6.07, 6.45) is 1.85. The summed E-state index contributed by atoms with van der Waals surface area (Å²) in [5.74, 6) is 1.02. The molecule has 0 aliphatic rings. The molecular formula is C16H20BrN3. The van der Waals surface area contributed by atoms with Crippen LogP contribution >= 0.6 is 15.9 Å². The van der Waals surface area contributed by atoms with Crippen LogP contribution in [0.1, 0.15) is 5.56 Å². The Morgan fingerprint density at radius 1 is 1.00 bits per heavy atom. The third-order valence-electron chi connectivity index (χ3n) is 3.11. The predicted octanol–water partition coefficient (Wildman–Crippen LogP) is 3.41. The molecule has 0 amide bonds. The number of halogens is 1. The molecule has 20 heavy (non-hydrogen) atoms. The number of hydrogen-bond donors (Lipinski definition) is 0. The van der Waals surface area contributed by atoms with E-state index in [2.05, 4.69) is 69.1 Å². The van der Waals surface area contributed by atoms with Crippen molar-refractivity contribution in [1.82, 2.24) is 9.88 Å². The van der Waals surface area contributed by atoms with E-state index in [1.807, 2.05) is 24.4 Å². The molecule has 0 saturated carbocycles. The first-order chi connectivity index (χ1) is 9.66. The molecule has 106 valence electrons. The summed E-state index contributed by atoms with van der Waals surface area (Å²) in [6.45, 7) is 2.80. The lowest BCUT2D eigenvalue weighted by molar-refractivity contribution is 0.412. The third-order valence-corrected chi connectivity index (χ3v) is 3.88. The second kappa shape index (κ2) is 7.41. The van der Waals surface area contributed by atoms with Crippen molar-refractivity contribution in [3.63, 3.8) is 0 Å². The summed E-state index contributed by atoms with van der Waals surface area (Å²) >= 11 is 3.62. The van der Waals surface area contributed by atoms with Crippen LogP contribution in [0.4, 0.5) is 5.82 Å². The zero-order chi connectivity index (χ0) is 14.4. The molecule has 0 aliphatic heterocycles. The minimum absolute atomic E-state index is 0.853. The number of nitrogens with zero attached hydrogens (tertiary/aromatic N) is 3. The van der Waals surface area contributed by atoms with E-state index in [-0.39, 0.29) is 0 Å². The lowest BCUT2D eigenvalue weighted by Gasteiger charge is -2.25. The van der Waals surface area contributed by atoms with Crippen molar-refractivity contribution in [2.75, 3.05) is 32.1 Å². The van der Waals surface area contributed by atoms with Gasteiger partial charge in [0, 0.05) is 30.3 Å². The van der Waals surface area contributed by atoms with Gasteiger partial charge in [-0.1, -0.05) is 40.2 Å². The molecule has 0 unspecified atom stereocenters. The summed E-state index contributed by atoms with van der Waals surface area (Å²) in [6, 6.07) is 14.4. The number of benzene rings is 1. The lowest BCUT2D eigenvalue weighted by atomic mass is 10.2. The molecular weight excluding hydrogens is 314 g/mol. The van der Waals surface area contributed by atoms with Crippen LogP contribution in [0, 0.1) is 0 Å². The Labute approximate surface area is 129 Å². The standard InChI is InChI=1S/C16H20BrN3/c1-19(2)11-12-20(16-9-5-6-10-18-16)13-14-7-3-4-8-15(14)17/h3-10H,11-13H2,1-2H3. The second-order valence-corrected chi connectivity index (χ2v) is 5.86. The minimum atomic E-state index is 0.853. The van der Waals surface area contributed by atoms with Crippen molar-refractivity contribution in [3.05, 3.63) is 58.7 Å². The van der Waals surface area contributed by atoms with Crippen LogP contribution < -0.4 is 4.90 Å². The summed E-state index contributed by atoms with van der Waals surface area (Å²) in [7, 11) is 4.18. The van der Waals surface area contributed by atoms with E-state index in [1.54, 1.807) is 0 Å². The second-order valence-electron chi connectivity index (χ2n) is 5.00. The third kappa shape index (κ3) is 4.32. The molecule has 1 heterocycles. The quantitative estimate of drug-likeness (QED) is 0.807. The van der Waals surface area contributed by atoms with Gasteiger partial charge in [-0.05, 0) is 37.9 Å². The maximum atomic E-state index is 4.47. The topological polar surface area (TPSA) is 19.4 Å². The van der Waals surface area contributed by atoms with Gasteiger partial charge in [0.05, 0.1) is 0 Å². The first-order valence-corrected chi connectivity index (χ1v) is 7.50. The fourth-order valence-corrected chi connectivity index (χ4v) is 2.38. The summed E-state index contributed by atoms with van der Waals surface area (Å²) in [5, 5.41) is 0. The SMILES string of the molecule is CN(C)CCN(Cc1ccccc1Br)c1ccccn1. The molecule has 0 N–H and O–H groups in total. The molecule has 2 rings (SSSR count). The normalized spacial score (nSPS) is 10.8. The van der Waals surface area contributed by atoms with Gasteiger partial charge in [-0.3, -0.25) is 0 Å². The van der Waals surface area contributed by atoms with Gasteiger partial charge in [-0.15, -0.1) is 0 Å². The predicted molar refractivity (Wildman–Crippen MR) is 88.0 cm³/mol. The van der Waals surface area contributed by atoms with E-state index < -0.39 is 0 Å². The molecule has 2 aromatic rings. The average molecular weight is 334 g/mol. The van der Waals surface area contributed by atoms with Crippen LogP contribution in [0.2, 0.25) is 0 Å². The molecule has 0 fully saturated rings. The van der Waals surface area contributed by atoms with Crippen LogP contribution in [-0.2, 0) is 6.54 Å². The van der Waals surface area contributed by atoms with E-state index >= 15 is 0 Å². The maximum Gasteiger partial charge on any atom is 0.128 e. The van der Waals surface area contributed by atoms with Crippen molar-refractivity contribution in [2.45, 2.75) is 6.54 Å². The summed E-state index contributed by atoms with van der Waals surface area (Å²) in [4.78, 5) is 8.97. The number of rotatable bonds is 6. The first kappa shape index (κ1) is 15.0. The van der Waals surface area contributed by atoms with Gasteiger partial charge in [0.25, 0.3) is 0 Å². The van der Waals surface area contributed by atoms with Gasteiger partial charge in [-0.25, -0.2) is 4.98 Å². The van der Waals surface area contributed by atoms with E-state index in [0.717, 1.165) is 29.9 Å². The van der Waals surface area contributed by atoms with Gasteiger partial charge >= 0.3 is 0 Å². The zero-order valence-electron chi connectivity index (χ0n) is 12.0. The fraction of sp³-hybridized carbons (Fsp3) is 0.312. The highest BCUT2D eigenvalue weighted by Gasteiger charge is 2.10. The molecule has 4 heteroatoms. The van der Waals surface area contributed by atoms with Crippen molar-refractivity contribution in [2.24, 2.45) is 0 Å². The molecule has 3 nitrogen and oxygen atoms in total. The van der Waals surface area contributed by atoms with Crippen LogP contribution in [0.15, 0.2) is 53.1 Å². The highest BCUT2D eigenvalue weighted by Crippen LogP contribution is 2.20. The Bertz CT molecular complexity index is 528. The first-order valence-electron chi connectivity index (χ1n) is 6.71. The number of hydrogen-bond acceptors (Lipinski definition) is 3. The lowest BCUT2D eigenvalue weighted by Crippen LogP contribution is -2.32. The van der Waals surface area contributed by atoms with E-state index in [4.69, 9.17) is 0 Å². The van der Waals surface area contributed by atoms with E-state index in [9.17, 15) is 0 Å². The molecule has 0 aliphatic carbocycles. The van der Waals surface area contributed by atoms with Gasteiger partial charge in [0.15, 0.2) is 0 Å². The summed E-state index contributed by atoms with van der Waals surface area (Å²) < 4.78 is 1.14. The Hall–Kier alpha value is -1.39. The summed E-state index contributed by atoms with van der Waals surface area (Å²) in [5.41, 5.74) is 1.27. The van der Waals surface area contributed by atoms with Crippen LogP contribution in [-0.4, -0.2) is 37.1 Å². The van der Waals surface area contributed by atoms with Crippen LogP contribution in [0.3, 0.4) is 0 Å².